The second-order valence-corrected chi connectivity index (χ2v) is 9.01. The van der Waals surface area contributed by atoms with Crippen LogP contribution in [0.4, 0.5) is 0 Å². The molecule has 144 valence electrons. The lowest BCUT2D eigenvalue weighted by Gasteiger charge is -2.07. The molecular formula is C23H22ClNOS2. The molecule has 0 atom stereocenters. The molecule has 2 nitrogen and oxygen atoms in total. The van der Waals surface area contributed by atoms with Crippen molar-refractivity contribution >= 4 is 41.0 Å². The Kier molecular flexibility index (Phi) is 7.90. The molecule has 0 bridgehead atoms. The van der Waals surface area contributed by atoms with Gasteiger partial charge in [0.1, 0.15) is 0 Å². The van der Waals surface area contributed by atoms with Crippen LogP contribution in [0.25, 0.3) is 0 Å². The summed E-state index contributed by atoms with van der Waals surface area (Å²) >= 11 is 9.38. The quantitative estimate of drug-likeness (QED) is 0.330. The van der Waals surface area contributed by atoms with E-state index in [1.165, 1.54) is 16.0 Å². The number of aryl methyl sites for hydroxylation is 1. The molecule has 0 saturated carbocycles. The standard InChI is InChI=1S/C23H22ClNOS2/c1-17-2-10-22(11-3-17)28-16-18-4-6-19(7-5-18)23(26)25-14-15-27-21-12-8-20(24)9-13-21/h2-13H,14-16H2,1H3,(H,25,26). The highest BCUT2D eigenvalue weighted by molar-refractivity contribution is 7.99. The van der Waals surface area contributed by atoms with Crippen molar-refractivity contribution in [2.75, 3.05) is 12.3 Å². The number of hydrogen-bond acceptors (Lipinski definition) is 3. The molecule has 0 radical (unpaired) electrons. The summed E-state index contributed by atoms with van der Waals surface area (Å²) in [6.07, 6.45) is 0. The summed E-state index contributed by atoms with van der Waals surface area (Å²) in [5.41, 5.74) is 3.17. The van der Waals surface area contributed by atoms with E-state index in [0.29, 0.717) is 12.1 Å². The Morgan fingerprint density at radius 2 is 1.46 bits per heavy atom. The second kappa shape index (κ2) is 10.6. The lowest BCUT2D eigenvalue weighted by molar-refractivity contribution is 0.0956. The van der Waals surface area contributed by atoms with Gasteiger partial charge in [-0.15, -0.1) is 23.5 Å². The van der Waals surface area contributed by atoms with Crippen LogP contribution in [-0.2, 0) is 5.75 Å². The summed E-state index contributed by atoms with van der Waals surface area (Å²) in [5, 5.41) is 3.71. The van der Waals surface area contributed by atoms with E-state index in [2.05, 4.69) is 36.5 Å². The van der Waals surface area contributed by atoms with E-state index in [-0.39, 0.29) is 5.91 Å². The van der Waals surface area contributed by atoms with Gasteiger partial charge in [0.15, 0.2) is 0 Å². The van der Waals surface area contributed by atoms with E-state index in [4.69, 9.17) is 11.6 Å². The Bertz CT molecular complexity index is 893. The number of halogens is 1. The van der Waals surface area contributed by atoms with Crippen molar-refractivity contribution in [1.82, 2.24) is 5.32 Å². The molecular weight excluding hydrogens is 406 g/mol. The highest BCUT2D eigenvalue weighted by atomic mass is 35.5. The topological polar surface area (TPSA) is 29.1 Å². The number of amides is 1. The molecule has 0 aliphatic heterocycles. The highest BCUT2D eigenvalue weighted by Gasteiger charge is 2.05. The van der Waals surface area contributed by atoms with E-state index < -0.39 is 0 Å². The van der Waals surface area contributed by atoms with Crippen LogP contribution in [0.1, 0.15) is 21.5 Å². The van der Waals surface area contributed by atoms with Gasteiger partial charge >= 0.3 is 0 Å². The minimum atomic E-state index is -0.0329. The third kappa shape index (κ3) is 6.62. The molecule has 0 unspecified atom stereocenters. The number of hydrogen-bond donors (Lipinski definition) is 1. The first-order valence-electron chi connectivity index (χ1n) is 9.05. The van der Waals surface area contributed by atoms with Crippen molar-refractivity contribution in [1.29, 1.82) is 0 Å². The van der Waals surface area contributed by atoms with Crippen molar-refractivity contribution in [3.63, 3.8) is 0 Å². The van der Waals surface area contributed by atoms with Crippen LogP contribution in [0.15, 0.2) is 82.6 Å². The second-order valence-electron chi connectivity index (χ2n) is 6.36. The third-order valence-corrected chi connectivity index (χ3v) is 6.46. The van der Waals surface area contributed by atoms with Gasteiger partial charge in [0, 0.05) is 38.4 Å². The van der Waals surface area contributed by atoms with Crippen LogP contribution in [0.5, 0.6) is 0 Å². The fraction of sp³-hybridized carbons (Fsp3) is 0.174. The average Bonchev–Trinajstić information content (AvgIpc) is 2.72. The molecule has 0 aliphatic rings. The number of carbonyl (C=O) groups is 1. The zero-order chi connectivity index (χ0) is 19.8. The van der Waals surface area contributed by atoms with Gasteiger partial charge in [0.2, 0.25) is 0 Å². The fourth-order valence-corrected chi connectivity index (χ4v) is 4.27. The molecule has 0 spiro atoms. The highest BCUT2D eigenvalue weighted by Crippen LogP contribution is 2.23. The van der Waals surface area contributed by atoms with Gasteiger partial charge in [-0.05, 0) is 61.0 Å². The Balaban J connectivity index is 1.41. The summed E-state index contributed by atoms with van der Waals surface area (Å²) in [5.74, 6) is 1.68. The molecule has 28 heavy (non-hydrogen) atoms. The van der Waals surface area contributed by atoms with Crippen LogP contribution in [0.3, 0.4) is 0 Å². The lowest BCUT2D eigenvalue weighted by atomic mass is 10.1. The minimum Gasteiger partial charge on any atom is -0.351 e. The minimum absolute atomic E-state index is 0.0329. The molecule has 3 rings (SSSR count). The summed E-state index contributed by atoms with van der Waals surface area (Å²) in [6.45, 7) is 2.71. The third-order valence-electron chi connectivity index (χ3n) is 4.11. The lowest BCUT2D eigenvalue weighted by Crippen LogP contribution is -2.25. The molecule has 0 fully saturated rings. The van der Waals surface area contributed by atoms with E-state index in [1.807, 2.05) is 48.5 Å². The van der Waals surface area contributed by atoms with E-state index >= 15 is 0 Å². The Labute approximate surface area is 180 Å². The maximum atomic E-state index is 12.3. The zero-order valence-corrected chi connectivity index (χ0v) is 18.0. The number of rotatable bonds is 8. The number of benzene rings is 3. The molecule has 0 aromatic heterocycles. The molecule has 0 saturated heterocycles. The number of carbonyl (C=O) groups excluding carboxylic acids is 1. The Morgan fingerprint density at radius 3 is 2.14 bits per heavy atom. The Hall–Kier alpha value is -1.88. The van der Waals surface area contributed by atoms with Gasteiger partial charge in [-0.3, -0.25) is 4.79 Å². The van der Waals surface area contributed by atoms with Crippen molar-refractivity contribution < 1.29 is 4.79 Å². The first kappa shape index (κ1) is 20.8. The predicted molar refractivity (Wildman–Crippen MR) is 122 cm³/mol. The first-order valence-corrected chi connectivity index (χ1v) is 11.4. The van der Waals surface area contributed by atoms with Gasteiger partial charge < -0.3 is 5.32 Å². The molecule has 0 heterocycles. The van der Waals surface area contributed by atoms with Gasteiger partial charge in [0.05, 0.1) is 0 Å². The average molecular weight is 428 g/mol. The van der Waals surface area contributed by atoms with Crippen molar-refractivity contribution in [3.8, 4) is 0 Å². The van der Waals surface area contributed by atoms with Crippen LogP contribution in [0, 0.1) is 6.92 Å². The van der Waals surface area contributed by atoms with Crippen LogP contribution in [-0.4, -0.2) is 18.2 Å². The van der Waals surface area contributed by atoms with Gasteiger partial charge in [-0.2, -0.15) is 0 Å². The summed E-state index contributed by atoms with van der Waals surface area (Å²) < 4.78 is 0. The number of nitrogens with one attached hydrogen (secondary N) is 1. The Morgan fingerprint density at radius 1 is 0.857 bits per heavy atom. The zero-order valence-electron chi connectivity index (χ0n) is 15.7. The van der Waals surface area contributed by atoms with Crippen LogP contribution < -0.4 is 5.32 Å². The fourth-order valence-electron chi connectivity index (χ4n) is 2.52. The summed E-state index contributed by atoms with van der Waals surface area (Å²) in [4.78, 5) is 14.7. The predicted octanol–water partition coefficient (Wildman–Crippen LogP) is 6.46. The van der Waals surface area contributed by atoms with Gasteiger partial charge in [-0.1, -0.05) is 41.4 Å². The van der Waals surface area contributed by atoms with Crippen LogP contribution in [0.2, 0.25) is 5.02 Å². The van der Waals surface area contributed by atoms with Gasteiger partial charge in [-0.25, -0.2) is 0 Å². The summed E-state index contributed by atoms with van der Waals surface area (Å²) in [7, 11) is 0. The summed E-state index contributed by atoms with van der Waals surface area (Å²) in [6, 6.07) is 24.1. The molecule has 0 aliphatic carbocycles. The molecule has 5 heteroatoms. The number of thioether (sulfide) groups is 2. The van der Waals surface area contributed by atoms with E-state index in [1.54, 1.807) is 23.5 Å². The van der Waals surface area contributed by atoms with Crippen molar-refractivity contribution in [2.45, 2.75) is 22.5 Å². The monoisotopic (exact) mass is 427 g/mol. The SMILES string of the molecule is Cc1ccc(SCc2ccc(C(=O)NCCSc3ccc(Cl)cc3)cc2)cc1. The van der Waals surface area contributed by atoms with Crippen LogP contribution >= 0.6 is 35.1 Å². The molecule has 1 amide bonds. The molecule has 1 N–H and O–H groups in total. The normalized spacial score (nSPS) is 10.6. The van der Waals surface area contributed by atoms with Crippen molar-refractivity contribution in [2.24, 2.45) is 0 Å². The first-order chi connectivity index (χ1) is 13.6. The molecule has 3 aromatic carbocycles. The van der Waals surface area contributed by atoms with E-state index in [0.717, 1.165) is 21.4 Å². The molecule has 3 aromatic rings. The smallest absolute Gasteiger partial charge is 0.251 e. The largest absolute Gasteiger partial charge is 0.351 e. The van der Waals surface area contributed by atoms with Gasteiger partial charge in [0.25, 0.3) is 5.91 Å². The van der Waals surface area contributed by atoms with E-state index in [9.17, 15) is 4.79 Å². The maximum Gasteiger partial charge on any atom is 0.251 e. The van der Waals surface area contributed by atoms with Crippen molar-refractivity contribution in [3.05, 3.63) is 94.5 Å². The maximum absolute atomic E-state index is 12.3.